The van der Waals surface area contributed by atoms with Crippen LogP contribution in [-0.2, 0) is 0 Å². The standard InChI is InChI=1S/C22H22F2N2O/c1-13-8-14(2)10-15(9-13)18(12-25)20(22(3,4)5)26-21(27)17-11-16(23)6-7-19(17)24/h6-11H,1-5H3,(H,26,27). The van der Waals surface area contributed by atoms with Crippen molar-refractivity contribution in [2.24, 2.45) is 5.41 Å². The maximum Gasteiger partial charge on any atom is 0.258 e. The molecule has 0 radical (unpaired) electrons. The van der Waals surface area contributed by atoms with Gasteiger partial charge < -0.3 is 5.32 Å². The third kappa shape index (κ3) is 4.79. The Hall–Kier alpha value is -3.00. The zero-order chi connectivity index (χ0) is 20.4. The number of carbonyl (C=O) groups is 1. The smallest absolute Gasteiger partial charge is 0.258 e. The van der Waals surface area contributed by atoms with Crippen LogP contribution in [0.2, 0.25) is 0 Å². The first kappa shape index (κ1) is 20.3. The van der Waals surface area contributed by atoms with E-state index in [2.05, 4.69) is 11.4 Å². The van der Waals surface area contributed by atoms with Crippen molar-refractivity contribution in [3.8, 4) is 6.07 Å². The van der Waals surface area contributed by atoms with Crippen molar-refractivity contribution in [3.05, 3.63) is 76.0 Å². The van der Waals surface area contributed by atoms with E-state index in [0.29, 0.717) is 16.8 Å². The molecular formula is C22H22F2N2O. The lowest BCUT2D eigenvalue weighted by Crippen LogP contribution is -2.32. The van der Waals surface area contributed by atoms with Gasteiger partial charge in [-0.25, -0.2) is 8.78 Å². The van der Waals surface area contributed by atoms with E-state index in [1.807, 2.05) is 52.8 Å². The molecule has 0 aromatic heterocycles. The molecule has 0 fully saturated rings. The first-order chi connectivity index (χ1) is 12.5. The molecule has 2 aromatic rings. The minimum Gasteiger partial charge on any atom is -0.324 e. The van der Waals surface area contributed by atoms with Gasteiger partial charge in [-0.05, 0) is 37.6 Å². The minimum absolute atomic E-state index is 0.291. The Balaban J connectivity index is 2.60. The van der Waals surface area contributed by atoms with E-state index < -0.39 is 28.5 Å². The molecule has 0 aliphatic heterocycles. The topological polar surface area (TPSA) is 52.9 Å². The summed E-state index contributed by atoms with van der Waals surface area (Å²) in [7, 11) is 0. The number of hydrogen-bond donors (Lipinski definition) is 1. The molecule has 0 aliphatic rings. The van der Waals surface area contributed by atoms with Gasteiger partial charge in [-0.3, -0.25) is 4.79 Å². The fourth-order valence-corrected chi connectivity index (χ4v) is 2.86. The summed E-state index contributed by atoms with van der Waals surface area (Å²) in [4.78, 5) is 12.6. The molecule has 5 heteroatoms. The lowest BCUT2D eigenvalue weighted by Gasteiger charge is -2.26. The summed E-state index contributed by atoms with van der Waals surface area (Å²) in [6.07, 6.45) is 0. The Labute approximate surface area is 158 Å². The molecule has 2 rings (SSSR count). The SMILES string of the molecule is Cc1cc(C)cc(C(C#N)=C(NC(=O)c2cc(F)ccc2F)C(C)(C)C)c1. The van der Waals surface area contributed by atoms with Gasteiger partial charge in [-0.2, -0.15) is 5.26 Å². The van der Waals surface area contributed by atoms with E-state index in [1.54, 1.807) is 0 Å². The monoisotopic (exact) mass is 368 g/mol. The largest absolute Gasteiger partial charge is 0.324 e. The van der Waals surface area contributed by atoms with Crippen LogP contribution in [0.1, 0.15) is 47.8 Å². The molecule has 27 heavy (non-hydrogen) atoms. The van der Waals surface area contributed by atoms with E-state index in [4.69, 9.17) is 0 Å². The Morgan fingerprint density at radius 2 is 1.63 bits per heavy atom. The summed E-state index contributed by atoms with van der Waals surface area (Å²) >= 11 is 0. The van der Waals surface area contributed by atoms with Gasteiger partial charge in [0.25, 0.3) is 5.91 Å². The number of nitriles is 1. The number of rotatable bonds is 3. The van der Waals surface area contributed by atoms with Crippen LogP contribution in [0, 0.1) is 42.2 Å². The van der Waals surface area contributed by atoms with Crippen LogP contribution in [0.15, 0.2) is 42.1 Å². The van der Waals surface area contributed by atoms with Gasteiger partial charge in [-0.15, -0.1) is 0 Å². The second kappa shape index (κ2) is 7.71. The molecule has 0 aliphatic carbocycles. The van der Waals surface area contributed by atoms with Crippen molar-refractivity contribution in [2.45, 2.75) is 34.6 Å². The molecule has 3 nitrogen and oxygen atoms in total. The van der Waals surface area contributed by atoms with E-state index >= 15 is 0 Å². The number of allylic oxidation sites excluding steroid dienone is 2. The summed E-state index contributed by atoms with van der Waals surface area (Å²) < 4.78 is 27.4. The summed E-state index contributed by atoms with van der Waals surface area (Å²) in [6, 6.07) is 10.5. The van der Waals surface area contributed by atoms with Crippen LogP contribution in [0.25, 0.3) is 5.57 Å². The van der Waals surface area contributed by atoms with Gasteiger partial charge >= 0.3 is 0 Å². The maximum absolute atomic E-state index is 14.0. The Morgan fingerprint density at radius 1 is 1.04 bits per heavy atom. The van der Waals surface area contributed by atoms with Crippen LogP contribution in [0.3, 0.4) is 0 Å². The zero-order valence-electron chi connectivity index (χ0n) is 16.1. The van der Waals surface area contributed by atoms with E-state index in [1.165, 1.54) is 0 Å². The molecular weight excluding hydrogens is 346 g/mol. The fourth-order valence-electron chi connectivity index (χ4n) is 2.86. The first-order valence-electron chi connectivity index (χ1n) is 8.53. The predicted molar refractivity (Wildman–Crippen MR) is 102 cm³/mol. The van der Waals surface area contributed by atoms with Crippen molar-refractivity contribution in [3.63, 3.8) is 0 Å². The normalized spacial score (nSPS) is 12.2. The summed E-state index contributed by atoms with van der Waals surface area (Å²) in [5, 5.41) is 12.4. The highest BCUT2D eigenvalue weighted by atomic mass is 19.1. The second-order valence-electron chi connectivity index (χ2n) is 7.57. The highest BCUT2D eigenvalue weighted by molar-refractivity contribution is 5.97. The summed E-state index contributed by atoms with van der Waals surface area (Å²) in [5.41, 5.74) is 2.25. The lowest BCUT2D eigenvalue weighted by molar-refractivity contribution is 0.0953. The predicted octanol–water partition coefficient (Wildman–Crippen LogP) is 5.29. The molecule has 2 aromatic carbocycles. The Morgan fingerprint density at radius 3 is 2.15 bits per heavy atom. The van der Waals surface area contributed by atoms with Gasteiger partial charge in [0.1, 0.15) is 17.7 Å². The number of nitrogens with one attached hydrogen (secondary N) is 1. The minimum atomic E-state index is -0.827. The number of amides is 1. The molecule has 1 amide bonds. The highest BCUT2D eigenvalue weighted by Gasteiger charge is 2.26. The van der Waals surface area contributed by atoms with Crippen molar-refractivity contribution < 1.29 is 13.6 Å². The number of nitrogens with zero attached hydrogens (tertiary/aromatic N) is 1. The van der Waals surface area contributed by atoms with Gasteiger partial charge in [0.05, 0.1) is 11.1 Å². The quantitative estimate of drug-likeness (QED) is 0.748. The molecule has 0 heterocycles. The molecule has 0 spiro atoms. The molecule has 0 saturated carbocycles. The van der Waals surface area contributed by atoms with Gasteiger partial charge in [0.15, 0.2) is 0 Å². The number of benzene rings is 2. The van der Waals surface area contributed by atoms with Crippen molar-refractivity contribution >= 4 is 11.5 Å². The number of hydrogen-bond acceptors (Lipinski definition) is 2. The fraction of sp³-hybridized carbons (Fsp3) is 0.273. The molecule has 1 N–H and O–H groups in total. The lowest BCUT2D eigenvalue weighted by atomic mass is 9.86. The van der Waals surface area contributed by atoms with Crippen LogP contribution in [-0.4, -0.2) is 5.91 Å². The third-order valence-electron chi connectivity index (χ3n) is 4.03. The van der Waals surface area contributed by atoms with E-state index in [-0.39, 0.29) is 0 Å². The maximum atomic E-state index is 14.0. The Bertz CT molecular complexity index is 943. The Kier molecular flexibility index (Phi) is 5.80. The average Bonchev–Trinajstić information content (AvgIpc) is 2.55. The summed E-state index contributed by atoms with van der Waals surface area (Å²) in [6.45, 7) is 9.35. The van der Waals surface area contributed by atoms with E-state index in [0.717, 1.165) is 29.3 Å². The molecule has 140 valence electrons. The van der Waals surface area contributed by atoms with Gasteiger partial charge in [0.2, 0.25) is 0 Å². The zero-order valence-corrected chi connectivity index (χ0v) is 16.1. The highest BCUT2D eigenvalue weighted by Crippen LogP contribution is 2.31. The van der Waals surface area contributed by atoms with Gasteiger partial charge in [0, 0.05) is 11.1 Å². The van der Waals surface area contributed by atoms with Gasteiger partial charge in [-0.1, -0.05) is 50.1 Å². The van der Waals surface area contributed by atoms with Crippen LogP contribution in [0.4, 0.5) is 8.78 Å². The number of carbonyl (C=O) groups excluding carboxylic acids is 1. The molecule has 0 atom stereocenters. The molecule has 0 bridgehead atoms. The van der Waals surface area contributed by atoms with Crippen LogP contribution >= 0.6 is 0 Å². The van der Waals surface area contributed by atoms with Crippen molar-refractivity contribution in [1.82, 2.24) is 5.32 Å². The van der Waals surface area contributed by atoms with Crippen LogP contribution < -0.4 is 5.32 Å². The second-order valence-corrected chi connectivity index (χ2v) is 7.57. The summed E-state index contributed by atoms with van der Waals surface area (Å²) in [5.74, 6) is -2.33. The van der Waals surface area contributed by atoms with Crippen molar-refractivity contribution in [1.29, 1.82) is 5.26 Å². The average molecular weight is 368 g/mol. The van der Waals surface area contributed by atoms with Crippen molar-refractivity contribution in [2.75, 3.05) is 0 Å². The first-order valence-corrected chi connectivity index (χ1v) is 8.53. The van der Waals surface area contributed by atoms with E-state index in [9.17, 15) is 18.8 Å². The molecule has 0 unspecified atom stereocenters. The molecule has 0 saturated heterocycles. The number of aryl methyl sites for hydroxylation is 2. The third-order valence-corrected chi connectivity index (χ3v) is 4.03. The van der Waals surface area contributed by atoms with Crippen LogP contribution in [0.5, 0.6) is 0 Å². The number of halogens is 2.